The summed E-state index contributed by atoms with van der Waals surface area (Å²) in [7, 11) is -15.4. The summed E-state index contributed by atoms with van der Waals surface area (Å²) in [6.45, 7) is -0.981. The molecule has 33 heavy (non-hydrogen) atoms. The number of nitrogen functional groups attached to an aromatic ring is 1. The minimum absolute atomic E-state index is 0.0218. The second-order valence-electron chi connectivity index (χ2n) is 6.35. The van der Waals surface area contributed by atoms with Crippen LogP contribution in [0.4, 0.5) is 5.95 Å². The van der Waals surface area contributed by atoms with Crippen molar-refractivity contribution in [1.82, 2.24) is 19.5 Å². The van der Waals surface area contributed by atoms with Crippen molar-refractivity contribution in [2.45, 2.75) is 24.5 Å². The largest absolute Gasteiger partial charge is 0.490 e. The Morgan fingerprint density at radius 1 is 1.09 bits per heavy atom. The van der Waals surface area contributed by atoms with E-state index in [9.17, 15) is 28.8 Å². The molecule has 0 bridgehead atoms. The number of aliphatic hydroxyl groups excluding tert-OH is 2. The molecule has 1 fully saturated rings. The first-order valence-electron chi connectivity index (χ1n) is 8.46. The molecule has 0 spiro atoms. The maximum atomic E-state index is 11.8. The van der Waals surface area contributed by atoms with Crippen molar-refractivity contribution in [3.8, 4) is 5.88 Å². The standard InChI is InChI=1S/C11H18N5O14P3/c1-26-9-5-8(14-11(12)15-9)16(3-13-5)10-7(18)6(17)4(28-10)2-27-32(22,23)30-33(24,25)29-31(19,20)21/h3-4,6-7,10,17-18H,2H2,1H3,(H,22,23)(H,24,25)(H2,12,14,15)(H2,19,20,21)/t4-,6-,7+,10-/m1/s1. The minimum atomic E-state index is -5.72. The van der Waals surface area contributed by atoms with Gasteiger partial charge in [0.15, 0.2) is 17.4 Å². The van der Waals surface area contributed by atoms with Gasteiger partial charge in [0.05, 0.1) is 20.0 Å². The fraction of sp³-hybridized carbons (Fsp3) is 0.545. The summed E-state index contributed by atoms with van der Waals surface area (Å²) < 4.78 is 57.1. The van der Waals surface area contributed by atoms with E-state index in [1.54, 1.807) is 0 Å². The van der Waals surface area contributed by atoms with Gasteiger partial charge in [0.25, 0.3) is 0 Å². The van der Waals surface area contributed by atoms with E-state index in [0.717, 1.165) is 0 Å². The third-order valence-corrected chi connectivity index (χ3v) is 7.83. The lowest BCUT2D eigenvalue weighted by molar-refractivity contribution is -0.0503. The Labute approximate surface area is 183 Å². The van der Waals surface area contributed by atoms with E-state index in [1.165, 1.54) is 18.0 Å². The van der Waals surface area contributed by atoms with Gasteiger partial charge in [-0.05, 0) is 0 Å². The predicted octanol–water partition coefficient (Wildman–Crippen LogP) is -1.62. The molecule has 0 radical (unpaired) electrons. The van der Waals surface area contributed by atoms with Gasteiger partial charge in [0.1, 0.15) is 18.3 Å². The van der Waals surface area contributed by atoms with Crippen LogP contribution in [0, 0.1) is 0 Å². The Kier molecular flexibility index (Phi) is 7.29. The fourth-order valence-electron chi connectivity index (χ4n) is 2.80. The molecule has 1 aliphatic rings. The third-order valence-electron chi connectivity index (χ3n) is 4.03. The van der Waals surface area contributed by atoms with E-state index < -0.39 is 54.6 Å². The second-order valence-corrected chi connectivity index (χ2v) is 10.8. The van der Waals surface area contributed by atoms with Crippen molar-refractivity contribution in [3.05, 3.63) is 6.33 Å². The number of nitrogens with two attached hydrogens (primary N) is 1. The molecule has 0 amide bonds. The van der Waals surface area contributed by atoms with Crippen LogP contribution >= 0.6 is 23.5 Å². The van der Waals surface area contributed by atoms with Crippen molar-refractivity contribution in [3.63, 3.8) is 0 Å². The number of hydrogen-bond donors (Lipinski definition) is 7. The van der Waals surface area contributed by atoms with Gasteiger partial charge < -0.3 is 45.0 Å². The number of phosphoric acid groups is 3. The SMILES string of the molecule is COc1nc(N)nc2c1ncn2[C@@H]1O[C@H](COP(=O)(O)OP(=O)(O)OP(=O)(O)O)[C@@H](O)[C@@H]1O. The van der Waals surface area contributed by atoms with E-state index in [-0.39, 0.29) is 23.0 Å². The molecule has 1 aliphatic heterocycles. The number of methoxy groups -OCH3 is 1. The van der Waals surface area contributed by atoms with E-state index in [2.05, 4.69) is 28.1 Å². The van der Waals surface area contributed by atoms with Crippen molar-refractivity contribution in [2.24, 2.45) is 0 Å². The van der Waals surface area contributed by atoms with Crippen LogP contribution in [0.5, 0.6) is 5.88 Å². The molecule has 2 aromatic heterocycles. The van der Waals surface area contributed by atoms with Crippen LogP contribution in [0.1, 0.15) is 6.23 Å². The number of imidazole rings is 1. The van der Waals surface area contributed by atoms with E-state index in [4.69, 9.17) is 29.9 Å². The molecule has 186 valence electrons. The molecule has 8 N–H and O–H groups in total. The van der Waals surface area contributed by atoms with Gasteiger partial charge in [-0.2, -0.15) is 18.6 Å². The molecule has 0 aliphatic carbocycles. The van der Waals surface area contributed by atoms with Gasteiger partial charge >= 0.3 is 23.5 Å². The summed E-state index contributed by atoms with van der Waals surface area (Å²) in [5.74, 6) is -0.174. The molecule has 22 heteroatoms. The Hall–Kier alpha value is -1.56. The maximum absolute atomic E-state index is 11.8. The quantitative estimate of drug-likeness (QED) is 0.177. The summed E-state index contributed by atoms with van der Waals surface area (Å²) in [6.07, 6.45) is -5.01. The van der Waals surface area contributed by atoms with Crippen LogP contribution in [0.2, 0.25) is 0 Å². The first kappa shape index (κ1) is 26.1. The molecule has 6 atom stereocenters. The molecule has 2 aromatic rings. The van der Waals surface area contributed by atoms with E-state index >= 15 is 0 Å². The zero-order valence-electron chi connectivity index (χ0n) is 16.3. The fourth-order valence-corrected chi connectivity index (χ4v) is 5.83. The molecule has 1 saturated heterocycles. The van der Waals surface area contributed by atoms with E-state index in [1.807, 2.05) is 0 Å². The minimum Gasteiger partial charge on any atom is -0.479 e. The third kappa shape index (κ3) is 6.12. The number of rotatable bonds is 9. The van der Waals surface area contributed by atoms with Gasteiger partial charge in [-0.3, -0.25) is 9.09 Å². The highest BCUT2D eigenvalue weighted by molar-refractivity contribution is 7.66. The lowest BCUT2D eigenvalue weighted by Crippen LogP contribution is -2.33. The molecule has 3 heterocycles. The number of hydrogen-bond acceptors (Lipinski definition) is 14. The van der Waals surface area contributed by atoms with Crippen molar-refractivity contribution in [2.75, 3.05) is 19.5 Å². The van der Waals surface area contributed by atoms with Crippen LogP contribution in [-0.2, 0) is 31.6 Å². The number of anilines is 1. The smallest absolute Gasteiger partial charge is 0.479 e. The van der Waals surface area contributed by atoms with Crippen LogP contribution in [0.15, 0.2) is 6.33 Å². The van der Waals surface area contributed by atoms with Gasteiger partial charge in [0.2, 0.25) is 11.8 Å². The van der Waals surface area contributed by atoms with Crippen molar-refractivity contribution >= 4 is 40.6 Å². The monoisotopic (exact) mass is 537 g/mol. The first-order valence-corrected chi connectivity index (χ1v) is 13.0. The average molecular weight is 537 g/mol. The topological polar surface area (TPSA) is 288 Å². The Morgan fingerprint density at radius 3 is 2.36 bits per heavy atom. The number of fused-ring (bicyclic) bond motifs is 1. The summed E-state index contributed by atoms with van der Waals surface area (Å²) in [4.78, 5) is 47.5. The van der Waals surface area contributed by atoms with Gasteiger partial charge in [0, 0.05) is 0 Å². The molecule has 19 nitrogen and oxygen atoms in total. The van der Waals surface area contributed by atoms with Gasteiger partial charge in [-0.25, -0.2) is 18.7 Å². The molecule has 0 aromatic carbocycles. The summed E-state index contributed by atoms with van der Waals surface area (Å²) >= 11 is 0. The van der Waals surface area contributed by atoms with Crippen LogP contribution in [-0.4, -0.2) is 81.3 Å². The Morgan fingerprint density at radius 2 is 1.76 bits per heavy atom. The Balaban J connectivity index is 1.73. The highest BCUT2D eigenvalue weighted by atomic mass is 31.3. The average Bonchev–Trinajstić information content (AvgIpc) is 3.18. The molecular weight excluding hydrogens is 519 g/mol. The van der Waals surface area contributed by atoms with Gasteiger partial charge in [-0.15, -0.1) is 0 Å². The zero-order chi connectivity index (χ0) is 24.8. The molecule has 0 saturated carbocycles. The van der Waals surface area contributed by atoms with Crippen molar-refractivity contribution in [1.29, 1.82) is 0 Å². The zero-order valence-corrected chi connectivity index (χ0v) is 18.9. The molecule has 2 unspecified atom stereocenters. The molecule has 3 rings (SSSR count). The van der Waals surface area contributed by atoms with Crippen LogP contribution in [0.3, 0.4) is 0 Å². The predicted molar refractivity (Wildman–Crippen MR) is 102 cm³/mol. The summed E-state index contributed by atoms with van der Waals surface area (Å²) in [5.41, 5.74) is 5.82. The number of ether oxygens (including phenoxy) is 2. The highest BCUT2D eigenvalue weighted by Crippen LogP contribution is 2.66. The van der Waals surface area contributed by atoms with E-state index in [0.29, 0.717) is 0 Å². The summed E-state index contributed by atoms with van der Waals surface area (Å²) in [5, 5.41) is 20.6. The lowest BCUT2D eigenvalue weighted by Gasteiger charge is -2.19. The number of aromatic nitrogens is 4. The number of aliphatic hydroxyl groups is 2. The normalized spacial score (nSPS) is 27.4. The molecular formula is C11H18N5O14P3. The van der Waals surface area contributed by atoms with Crippen LogP contribution < -0.4 is 10.5 Å². The lowest BCUT2D eigenvalue weighted by atomic mass is 10.1. The number of nitrogens with zero attached hydrogens (tertiary/aromatic N) is 4. The van der Waals surface area contributed by atoms with Gasteiger partial charge in [-0.1, -0.05) is 0 Å². The second kappa shape index (κ2) is 9.24. The van der Waals surface area contributed by atoms with Crippen LogP contribution in [0.25, 0.3) is 11.2 Å². The highest BCUT2D eigenvalue weighted by Gasteiger charge is 2.47. The Bertz CT molecular complexity index is 1170. The number of phosphoric ester groups is 1. The maximum Gasteiger partial charge on any atom is 0.490 e. The first-order chi connectivity index (χ1) is 15.1. The summed E-state index contributed by atoms with van der Waals surface area (Å²) in [6, 6.07) is 0. The van der Waals surface area contributed by atoms with Crippen molar-refractivity contribution < 1.29 is 66.1 Å².